The molecule has 1 aliphatic carbocycles. The second-order valence-corrected chi connectivity index (χ2v) is 9.94. The third-order valence-corrected chi connectivity index (χ3v) is 7.48. The van der Waals surface area contributed by atoms with E-state index in [0.717, 1.165) is 17.4 Å². The summed E-state index contributed by atoms with van der Waals surface area (Å²) in [7, 11) is 1.66. The van der Waals surface area contributed by atoms with Gasteiger partial charge in [-0.2, -0.15) is 0 Å². The lowest BCUT2D eigenvalue weighted by atomic mass is 9.89. The highest BCUT2D eigenvalue weighted by Crippen LogP contribution is 2.29. The first-order valence-corrected chi connectivity index (χ1v) is 12.9. The van der Waals surface area contributed by atoms with Gasteiger partial charge in [0.1, 0.15) is 5.67 Å². The summed E-state index contributed by atoms with van der Waals surface area (Å²) in [6.07, 6.45) is 8.24. The average Bonchev–Trinajstić information content (AvgIpc) is 2.90. The molecule has 36 heavy (non-hydrogen) atoms. The maximum atomic E-state index is 15.1. The summed E-state index contributed by atoms with van der Waals surface area (Å²) in [5.74, 6) is -0.251. The number of nitrogens with zero attached hydrogens (tertiary/aromatic N) is 2. The Morgan fingerprint density at radius 1 is 1.17 bits per heavy atom. The highest BCUT2D eigenvalue weighted by Gasteiger charge is 2.39. The zero-order valence-corrected chi connectivity index (χ0v) is 21.2. The fourth-order valence-corrected chi connectivity index (χ4v) is 5.40. The van der Waals surface area contributed by atoms with E-state index < -0.39 is 11.7 Å². The minimum atomic E-state index is -1.59. The number of nitrogens with one attached hydrogen (secondary N) is 1. The third-order valence-electron chi connectivity index (χ3n) is 7.48. The van der Waals surface area contributed by atoms with Crippen molar-refractivity contribution in [2.45, 2.75) is 56.4 Å². The minimum Gasteiger partial charge on any atom is -0.358 e. The molecule has 1 heterocycles. The molecule has 4 atom stereocenters. The van der Waals surface area contributed by atoms with E-state index in [9.17, 15) is 9.59 Å². The van der Waals surface area contributed by atoms with E-state index in [1.165, 1.54) is 11.5 Å². The number of rotatable bonds is 8. The van der Waals surface area contributed by atoms with Crippen LogP contribution in [0.15, 0.2) is 66.8 Å². The SMILES string of the molecule is CCC1CN(C(Cc2ccc3ccccc3c2)C(=O)NC)CCN1C(=O)C(N)CC1(F)C=CC=CC1. The van der Waals surface area contributed by atoms with Crippen molar-refractivity contribution in [1.29, 1.82) is 0 Å². The molecule has 0 aromatic heterocycles. The molecule has 2 amide bonds. The van der Waals surface area contributed by atoms with E-state index in [4.69, 9.17) is 5.73 Å². The van der Waals surface area contributed by atoms with Gasteiger partial charge in [0.25, 0.3) is 0 Å². The molecule has 1 fully saturated rings. The van der Waals surface area contributed by atoms with Crippen molar-refractivity contribution >= 4 is 22.6 Å². The van der Waals surface area contributed by atoms with Gasteiger partial charge in [-0.25, -0.2) is 4.39 Å². The molecule has 192 valence electrons. The Morgan fingerprint density at radius 2 is 1.94 bits per heavy atom. The number of hydrogen-bond acceptors (Lipinski definition) is 4. The third kappa shape index (κ3) is 5.85. The van der Waals surface area contributed by atoms with Gasteiger partial charge in [-0.15, -0.1) is 0 Å². The number of amides is 2. The van der Waals surface area contributed by atoms with Crippen molar-refractivity contribution < 1.29 is 14.0 Å². The average molecular weight is 493 g/mol. The largest absolute Gasteiger partial charge is 0.358 e. The zero-order valence-electron chi connectivity index (χ0n) is 21.2. The van der Waals surface area contributed by atoms with Gasteiger partial charge in [-0.1, -0.05) is 67.6 Å². The van der Waals surface area contributed by atoms with Crippen LogP contribution in [0.25, 0.3) is 10.8 Å². The van der Waals surface area contributed by atoms with Gasteiger partial charge in [0.15, 0.2) is 0 Å². The molecular weight excluding hydrogens is 455 g/mol. The second kappa shape index (κ2) is 11.4. The molecule has 0 spiro atoms. The molecule has 0 radical (unpaired) electrons. The number of nitrogens with two attached hydrogens (primary N) is 1. The Kier molecular flexibility index (Phi) is 8.21. The molecule has 0 bridgehead atoms. The molecule has 2 aliphatic rings. The highest BCUT2D eigenvalue weighted by atomic mass is 19.1. The number of hydrogen-bond donors (Lipinski definition) is 2. The summed E-state index contributed by atoms with van der Waals surface area (Å²) in [6.45, 7) is 3.63. The Balaban J connectivity index is 1.45. The smallest absolute Gasteiger partial charge is 0.239 e. The molecule has 4 unspecified atom stereocenters. The zero-order chi connectivity index (χ0) is 25.7. The fraction of sp³-hybridized carbons (Fsp3) is 0.448. The first-order valence-electron chi connectivity index (χ1n) is 12.9. The molecule has 7 heteroatoms. The van der Waals surface area contributed by atoms with Crippen molar-refractivity contribution in [3.63, 3.8) is 0 Å². The normalized spacial score (nSPS) is 24.0. The van der Waals surface area contributed by atoms with Gasteiger partial charge in [0.05, 0.1) is 12.1 Å². The molecule has 2 aromatic carbocycles. The standard InChI is InChI=1S/C29H37FN4O2/c1-3-24-20-33(15-16-34(24)28(36)25(31)19-29(30)13-7-4-8-14-29)26(27(35)32-2)18-21-11-12-22-9-5-6-10-23(22)17-21/h4-13,17,24-26H,3,14-16,18-20,31H2,1-2H3,(H,32,35). The van der Waals surface area contributed by atoms with Gasteiger partial charge >= 0.3 is 0 Å². The van der Waals surface area contributed by atoms with Crippen LogP contribution >= 0.6 is 0 Å². The maximum absolute atomic E-state index is 15.1. The lowest BCUT2D eigenvalue weighted by Gasteiger charge is -2.44. The topological polar surface area (TPSA) is 78.7 Å². The number of carbonyl (C=O) groups is 2. The van der Waals surface area contributed by atoms with E-state index in [1.807, 2.05) is 19.1 Å². The van der Waals surface area contributed by atoms with Crippen LogP contribution in [0.5, 0.6) is 0 Å². The summed E-state index contributed by atoms with van der Waals surface area (Å²) in [5, 5.41) is 5.14. The van der Waals surface area contributed by atoms with Crippen molar-refractivity contribution in [3.8, 4) is 0 Å². The molecule has 0 saturated carbocycles. The molecule has 1 aliphatic heterocycles. The van der Waals surface area contributed by atoms with Gasteiger partial charge in [0, 0.05) is 45.6 Å². The Bertz CT molecular complexity index is 1150. The predicted octanol–water partition coefficient (Wildman–Crippen LogP) is 3.36. The predicted molar refractivity (Wildman–Crippen MR) is 142 cm³/mol. The minimum absolute atomic E-state index is 0.0356. The lowest BCUT2D eigenvalue weighted by Crippen LogP contribution is -2.62. The Labute approximate surface area is 213 Å². The van der Waals surface area contributed by atoms with Crippen LogP contribution in [-0.4, -0.2) is 72.1 Å². The summed E-state index contributed by atoms with van der Waals surface area (Å²) in [5.41, 5.74) is 5.74. The van der Waals surface area contributed by atoms with Gasteiger partial charge in [0.2, 0.25) is 11.8 Å². The summed E-state index contributed by atoms with van der Waals surface area (Å²) >= 11 is 0. The van der Waals surface area contributed by atoms with E-state index in [2.05, 4.69) is 40.5 Å². The van der Waals surface area contributed by atoms with Crippen LogP contribution < -0.4 is 11.1 Å². The summed E-state index contributed by atoms with van der Waals surface area (Å²) < 4.78 is 15.1. The number of alkyl halides is 1. The van der Waals surface area contributed by atoms with E-state index in [0.29, 0.717) is 26.1 Å². The Morgan fingerprint density at radius 3 is 2.64 bits per heavy atom. The first-order chi connectivity index (χ1) is 17.3. The molecule has 2 aromatic rings. The molecule has 4 rings (SSSR count). The number of allylic oxidation sites excluding steroid dienone is 4. The van der Waals surface area contributed by atoms with Crippen LogP contribution in [0.4, 0.5) is 4.39 Å². The molecule has 3 N–H and O–H groups in total. The number of benzene rings is 2. The Hall–Kier alpha value is -3.03. The summed E-state index contributed by atoms with van der Waals surface area (Å²) in [6, 6.07) is 13.2. The van der Waals surface area contributed by atoms with Gasteiger partial charge < -0.3 is 16.0 Å². The highest BCUT2D eigenvalue weighted by molar-refractivity contribution is 5.85. The monoisotopic (exact) mass is 492 g/mol. The van der Waals surface area contributed by atoms with Crippen LogP contribution in [0.3, 0.4) is 0 Å². The van der Waals surface area contributed by atoms with Crippen LogP contribution in [0.1, 0.15) is 31.7 Å². The molecule has 1 saturated heterocycles. The summed E-state index contributed by atoms with van der Waals surface area (Å²) in [4.78, 5) is 30.2. The van der Waals surface area contributed by atoms with Crippen LogP contribution in [-0.2, 0) is 16.0 Å². The number of piperazine rings is 1. The van der Waals surface area contributed by atoms with Crippen molar-refractivity contribution in [2.24, 2.45) is 5.73 Å². The maximum Gasteiger partial charge on any atom is 0.239 e. The lowest BCUT2D eigenvalue weighted by molar-refractivity contribution is -0.140. The van der Waals surface area contributed by atoms with Gasteiger partial charge in [-0.3, -0.25) is 14.5 Å². The first kappa shape index (κ1) is 26.0. The van der Waals surface area contributed by atoms with Crippen molar-refractivity contribution in [2.75, 3.05) is 26.7 Å². The number of likely N-dealkylation sites (N-methyl/N-ethyl adjacent to an activating group) is 1. The van der Waals surface area contributed by atoms with Gasteiger partial charge in [-0.05, 0) is 35.3 Å². The molecular formula is C29H37FN4O2. The molecule has 6 nitrogen and oxygen atoms in total. The van der Waals surface area contributed by atoms with E-state index >= 15 is 4.39 Å². The van der Waals surface area contributed by atoms with E-state index in [1.54, 1.807) is 30.2 Å². The quantitative estimate of drug-likeness (QED) is 0.592. The number of carbonyl (C=O) groups excluding carboxylic acids is 2. The van der Waals surface area contributed by atoms with Crippen LogP contribution in [0.2, 0.25) is 0 Å². The fourth-order valence-electron chi connectivity index (χ4n) is 5.40. The van der Waals surface area contributed by atoms with Crippen molar-refractivity contribution in [3.05, 3.63) is 72.3 Å². The van der Waals surface area contributed by atoms with Crippen molar-refractivity contribution in [1.82, 2.24) is 15.1 Å². The van der Waals surface area contributed by atoms with E-state index in [-0.39, 0.29) is 36.7 Å². The number of halogens is 1. The number of fused-ring (bicyclic) bond motifs is 1. The second-order valence-electron chi connectivity index (χ2n) is 9.94. The van der Waals surface area contributed by atoms with Crippen LogP contribution in [0, 0.1) is 0 Å².